The molecule has 0 saturated carbocycles. The average molecular weight is 254 g/mol. The highest BCUT2D eigenvalue weighted by atomic mass is 16.2. The molecule has 3 nitrogen and oxygen atoms in total. The highest BCUT2D eigenvalue weighted by molar-refractivity contribution is 5.93. The molecule has 0 radical (unpaired) electrons. The zero-order valence-electron chi connectivity index (χ0n) is 11.3. The predicted octanol–water partition coefficient (Wildman–Crippen LogP) is 3.27. The second-order valence-electron chi connectivity index (χ2n) is 4.75. The second kappa shape index (κ2) is 6.14. The summed E-state index contributed by atoms with van der Waals surface area (Å²) in [4.78, 5) is 18.4. The molecule has 1 aromatic heterocycles. The van der Waals surface area contributed by atoms with Crippen LogP contribution in [0.3, 0.4) is 0 Å². The van der Waals surface area contributed by atoms with Crippen LogP contribution in [0.4, 0.5) is 5.82 Å². The lowest BCUT2D eigenvalue weighted by molar-refractivity contribution is -0.121. The molecule has 0 atom stereocenters. The minimum atomic E-state index is -0.0503. The number of aromatic nitrogens is 1. The maximum Gasteiger partial charge on any atom is 0.231 e. The van der Waals surface area contributed by atoms with Crippen LogP contribution in [-0.2, 0) is 11.3 Å². The third-order valence-corrected chi connectivity index (χ3v) is 2.87. The molecular formula is C16H18N2O. The molecule has 0 saturated heterocycles. The van der Waals surface area contributed by atoms with Gasteiger partial charge in [-0.05, 0) is 17.7 Å². The van der Waals surface area contributed by atoms with Crippen molar-refractivity contribution in [3.05, 3.63) is 60.3 Å². The summed E-state index contributed by atoms with van der Waals surface area (Å²) in [5.74, 6) is 0.735. The number of carbonyl (C=O) groups is 1. The lowest BCUT2D eigenvalue weighted by Gasteiger charge is -2.23. The van der Waals surface area contributed by atoms with E-state index in [2.05, 4.69) is 4.98 Å². The number of amides is 1. The van der Waals surface area contributed by atoms with Crippen LogP contribution < -0.4 is 4.90 Å². The Balaban J connectivity index is 2.28. The third kappa shape index (κ3) is 3.41. The number of anilines is 1. The number of carbonyl (C=O) groups excluding carboxylic acids is 1. The monoisotopic (exact) mass is 254 g/mol. The molecule has 0 fully saturated rings. The first-order valence-corrected chi connectivity index (χ1v) is 6.45. The van der Waals surface area contributed by atoms with Crippen LogP contribution >= 0.6 is 0 Å². The van der Waals surface area contributed by atoms with E-state index in [4.69, 9.17) is 0 Å². The fourth-order valence-corrected chi connectivity index (χ4v) is 1.86. The molecule has 19 heavy (non-hydrogen) atoms. The summed E-state index contributed by atoms with van der Waals surface area (Å²) in [5.41, 5.74) is 1.10. The van der Waals surface area contributed by atoms with Crippen LogP contribution in [0.25, 0.3) is 0 Å². The van der Waals surface area contributed by atoms with Crippen LogP contribution in [0, 0.1) is 5.92 Å². The molecule has 98 valence electrons. The van der Waals surface area contributed by atoms with Crippen molar-refractivity contribution >= 4 is 11.7 Å². The van der Waals surface area contributed by atoms with Crippen LogP contribution in [0.1, 0.15) is 19.4 Å². The number of pyridine rings is 1. The summed E-state index contributed by atoms with van der Waals surface area (Å²) in [5, 5.41) is 0. The molecule has 0 N–H and O–H groups in total. The average Bonchev–Trinajstić information content (AvgIpc) is 2.46. The minimum absolute atomic E-state index is 0.0503. The van der Waals surface area contributed by atoms with Crippen LogP contribution in [0.5, 0.6) is 0 Å². The Morgan fingerprint density at radius 3 is 2.37 bits per heavy atom. The molecule has 0 unspecified atom stereocenters. The first kappa shape index (κ1) is 13.3. The quantitative estimate of drug-likeness (QED) is 0.839. The van der Waals surface area contributed by atoms with Gasteiger partial charge in [0.15, 0.2) is 0 Å². The normalized spacial score (nSPS) is 10.5. The SMILES string of the molecule is CC(C)C(=O)N(Cc1ccccc1)c1ccccn1. The maximum absolute atomic E-state index is 12.3. The Kier molecular flexibility index (Phi) is 4.29. The van der Waals surface area contributed by atoms with Gasteiger partial charge in [-0.3, -0.25) is 9.69 Å². The Morgan fingerprint density at radius 1 is 1.11 bits per heavy atom. The van der Waals surface area contributed by atoms with E-state index < -0.39 is 0 Å². The predicted molar refractivity (Wildman–Crippen MR) is 76.7 cm³/mol. The largest absolute Gasteiger partial charge is 0.292 e. The van der Waals surface area contributed by atoms with Gasteiger partial charge in [0, 0.05) is 12.1 Å². The Labute approximate surface area is 113 Å². The zero-order chi connectivity index (χ0) is 13.7. The number of hydrogen-bond donors (Lipinski definition) is 0. The van der Waals surface area contributed by atoms with Crippen molar-refractivity contribution in [2.45, 2.75) is 20.4 Å². The molecule has 2 aromatic rings. The van der Waals surface area contributed by atoms with Gasteiger partial charge in [-0.2, -0.15) is 0 Å². The molecule has 1 amide bonds. The van der Waals surface area contributed by atoms with Gasteiger partial charge in [0.1, 0.15) is 5.82 Å². The van der Waals surface area contributed by atoms with Gasteiger partial charge in [-0.1, -0.05) is 50.2 Å². The van der Waals surface area contributed by atoms with Crippen molar-refractivity contribution in [3.8, 4) is 0 Å². The molecule has 0 aliphatic rings. The summed E-state index contributed by atoms with van der Waals surface area (Å²) in [6.07, 6.45) is 1.71. The summed E-state index contributed by atoms with van der Waals surface area (Å²) in [7, 11) is 0. The number of hydrogen-bond acceptors (Lipinski definition) is 2. The minimum Gasteiger partial charge on any atom is -0.292 e. The van der Waals surface area contributed by atoms with E-state index in [0.29, 0.717) is 12.4 Å². The molecule has 0 aliphatic carbocycles. The van der Waals surface area contributed by atoms with E-state index in [-0.39, 0.29) is 11.8 Å². The molecule has 0 aliphatic heterocycles. The first-order valence-electron chi connectivity index (χ1n) is 6.45. The lowest BCUT2D eigenvalue weighted by Crippen LogP contribution is -2.34. The fourth-order valence-electron chi connectivity index (χ4n) is 1.86. The Hall–Kier alpha value is -2.16. The van der Waals surface area contributed by atoms with Gasteiger partial charge in [0.05, 0.1) is 6.54 Å². The molecule has 0 bridgehead atoms. The van der Waals surface area contributed by atoms with E-state index in [1.54, 1.807) is 11.1 Å². The van der Waals surface area contributed by atoms with E-state index >= 15 is 0 Å². The standard InChI is InChI=1S/C16H18N2O/c1-13(2)16(19)18(15-10-6-7-11-17-15)12-14-8-4-3-5-9-14/h3-11,13H,12H2,1-2H3. The Morgan fingerprint density at radius 2 is 1.79 bits per heavy atom. The molecule has 1 aromatic carbocycles. The van der Waals surface area contributed by atoms with E-state index in [1.165, 1.54) is 0 Å². The number of nitrogens with zero attached hydrogens (tertiary/aromatic N) is 2. The molecule has 3 heteroatoms. The van der Waals surface area contributed by atoms with Crippen LogP contribution in [0.2, 0.25) is 0 Å². The maximum atomic E-state index is 12.3. The molecular weight excluding hydrogens is 236 g/mol. The summed E-state index contributed by atoms with van der Waals surface area (Å²) in [6, 6.07) is 15.6. The van der Waals surface area contributed by atoms with E-state index in [0.717, 1.165) is 5.56 Å². The topological polar surface area (TPSA) is 33.2 Å². The highest BCUT2D eigenvalue weighted by Gasteiger charge is 2.19. The third-order valence-electron chi connectivity index (χ3n) is 2.87. The summed E-state index contributed by atoms with van der Waals surface area (Å²) >= 11 is 0. The van der Waals surface area contributed by atoms with Gasteiger partial charge >= 0.3 is 0 Å². The molecule has 2 rings (SSSR count). The van der Waals surface area contributed by atoms with E-state index in [9.17, 15) is 4.79 Å². The summed E-state index contributed by atoms with van der Waals surface area (Å²) < 4.78 is 0. The van der Waals surface area contributed by atoms with Crippen LogP contribution in [-0.4, -0.2) is 10.9 Å². The van der Waals surface area contributed by atoms with Crippen molar-refractivity contribution in [3.63, 3.8) is 0 Å². The number of benzene rings is 1. The van der Waals surface area contributed by atoms with Crippen molar-refractivity contribution in [1.82, 2.24) is 4.98 Å². The fraction of sp³-hybridized carbons (Fsp3) is 0.250. The molecule has 1 heterocycles. The van der Waals surface area contributed by atoms with Crippen molar-refractivity contribution in [1.29, 1.82) is 0 Å². The Bertz CT molecular complexity index is 523. The smallest absolute Gasteiger partial charge is 0.231 e. The van der Waals surface area contributed by atoms with Gasteiger partial charge in [0.2, 0.25) is 5.91 Å². The van der Waals surface area contributed by atoms with Gasteiger partial charge in [-0.25, -0.2) is 4.98 Å². The van der Waals surface area contributed by atoms with Gasteiger partial charge in [0.25, 0.3) is 0 Å². The second-order valence-corrected chi connectivity index (χ2v) is 4.75. The first-order chi connectivity index (χ1) is 9.18. The van der Waals surface area contributed by atoms with Crippen molar-refractivity contribution in [2.24, 2.45) is 5.92 Å². The van der Waals surface area contributed by atoms with Crippen LogP contribution in [0.15, 0.2) is 54.7 Å². The van der Waals surface area contributed by atoms with E-state index in [1.807, 2.05) is 62.4 Å². The highest BCUT2D eigenvalue weighted by Crippen LogP contribution is 2.16. The van der Waals surface area contributed by atoms with Crippen molar-refractivity contribution in [2.75, 3.05) is 4.90 Å². The van der Waals surface area contributed by atoms with Crippen molar-refractivity contribution < 1.29 is 4.79 Å². The summed E-state index contributed by atoms with van der Waals surface area (Å²) in [6.45, 7) is 4.36. The molecule has 0 spiro atoms. The van der Waals surface area contributed by atoms with Gasteiger partial charge < -0.3 is 0 Å². The van der Waals surface area contributed by atoms with Gasteiger partial charge in [-0.15, -0.1) is 0 Å². The zero-order valence-corrected chi connectivity index (χ0v) is 11.3. The lowest BCUT2D eigenvalue weighted by atomic mass is 10.1. The number of rotatable bonds is 4.